The highest BCUT2D eigenvalue weighted by Gasteiger charge is 2.30. The third-order valence-electron chi connectivity index (χ3n) is 4.95. The SMILES string of the molecule is CCNC(=NCC(O)COc1cccc(C(F)(F)F)c1)NC1CCN(CCOC)CC1.I. The molecule has 0 aliphatic carbocycles. The van der Waals surface area contributed by atoms with Crippen molar-refractivity contribution in [3.8, 4) is 5.75 Å². The van der Waals surface area contributed by atoms with Crippen LogP contribution in [-0.4, -0.2) is 81.2 Å². The number of aliphatic hydroxyl groups is 1. The van der Waals surface area contributed by atoms with E-state index in [1.54, 1.807) is 7.11 Å². The highest BCUT2D eigenvalue weighted by molar-refractivity contribution is 14.0. The number of rotatable bonds is 10. The summed E-state index contributed by atoms with van der Waals surface area (Å²) >= 11 is 0. The molecule has 0 spiro atoms. The number of halogens is 4. The maximum absolute atomic E-state index is 12.8. The Kier molecular flexibility index (Phi) is 13.2. The van der Waals surface area contributed by atoms with E-state index in [4.69, 9.17) is 9.47 Å². The average molecular weight is 574 g/mol. The molecule has 0 aromatic heterocycles. The third kappa shape index (κ3) is 10.5. The molecule has 1 atom stereocenters. The zero-order valence-corrected chi connectivity index (χ0v) is 20.9. The van der Waals surface area contributed by atoms with Gasteiger partial charge >= 0.3 is 6.18 Å². The number of methoxy groups -OCH3 is 1. The van der Waals surface area contributed by atoms with Crippen LogP contribution < -0.4 is 15.4 Å². The normalized spacial score (nSPS) is 16.9. The summed E-state index contributed by atoms with van der Waals surface area (Å²) in [5.74, 6) is 0.666. The van der Waals surface area contributed by atoms with Gasteiger partial charge in [-0.05, 0) is 38.0 Å². The van der Waals surface area contributed by atoms with E-state index in [2.05, 4.69) is 20.5 Å². The van der Waals surface area contributed by atoms with E-state index in [0.29, 0.717) is 12.5 Å². The van der Waals surface area contributed by atoms with Crippen LogP contribution >= 0.6 is 24.0 Å². The molecule has 3 N–H and O–H groups in total. The van der Waals surface area contributed by atoms with Crippen molar-refractivity contribution in [3.05, 3.63) is 29.8 Å². The van der Waals surface area contributed by atoms with E-state index < -0.39 is 17.8 Å². The number of nitrogens with one attached hydrogen (secondary N) is 2. The van der Waals surface area contributed by atoms with Gasteiger partial charge in [0.25, 0.3) is 0 Å². The van der Waals surface area contributed by atoms with Gasteiger partial charge < -0.3 is 30.1 Å². The molecule has 1 saturated heterocycles. The summed E-state index contributed by atoms with van der Waals surface area (Å²) in [5.41, 5.74) is -0.788. The number of aliphatic imine (C=N–C) groups is 1. The van der Waals surface area contributed by atoms with Crippen molar-refractivity contribution in [1.29, 1.82) is 0 Å². The van der Waals surface area contributed by atoms with E-state index in [1.165, 1.54) is 12.1 Å². The summed E-state index contributed by atoms with van der Waals surface area (Å²) < 4.78 is 48.8. The fourth-order valence-corrected chi connectivity index (χ4v) is 3.24. The van der Waals surface area contributed by atoms with Crippen LogP contribution in [0.1, 0.15) is 25.3 Å². The minimum atomic E-state index is -4.44. The van der Waals surface area contributed by atoms with E-state index in [9.17, 15) is 18.3 Å². The Morgan fingerprint density at radius 2 is 2.03 bits per heavy atom. The molecule has 0 radical (unpaired) electrons. The first-order chi connectivity index (χ1) is 14.8. The number of likely N-dealkylation sites (tertiary alicyclic amines) is 1. The van der Waals surface area contributed by atoms with Gasteiger partial charge in [-0.15, -0.1) is 24.0 Å². The minimum Gasteiger partial charge on any atom is -0.491 e. The van der Waals surface area contributed by atoms with Crippen LogP contribution in [0.25, 0.3) is 0 Å². The number of guanidine groups is 1. The van der Waals surface area contributed by atoms with Gasteiger partial charge in [-0.25, -0.2) is 0 Å². The topological polar surface area (TPSA) is 78.4 Å². The fraction of sp³-hybridized carbons (Fsp3) is 0.667. The number of hydrogen-bond acceptors (Lipinski definition) is 5. The van der Waals surface area contributed by atoms with Gasteiger partial charge in [0, 0.05) is 39.3 Å². The summed E-state index contributed by atoms with van der Waals surface area (Å²) in [6.45, 7) is 6.16. The minimum absolute atomic E-state index is 0. The van der Waals surface area contributed by atoms with Gasteiger partial charge in [-0.2, -0.15) is 13.2 Å². The fourth-order valence-electron chi connectivity index (χ4n) is 3.24. The molecule has 0 amide bonds. The van der Waals surface area contributed by atoms with Gasteiger partial charge in [0.1, 0.15) is 18.5 Å². The summed E-state index contributed by atoms with van der Waals surface area (Å²) in [7, 11) is 1.70. The number of piperidine rings is 1. The van der Waals surface area contributed by atoms with Gasteiger partial charge in [0.2, 0.25) is 0 Å². The summed E-state index contributed by atoms with van der Waals surface area (Å²) in [4.78, 5) is 6.76. The molecular weight excluding hydrogens is 540 g/mol. The van der Waals surface area contributed by atoms with Crippen molar-refractivity contribution in [2.24, 2.45) is 4.99 Å². The molecule has 1 fully saturated rings. The average Bonchev–Trinajstić information content (AvgIpc) is 2.75. The molecule has 0 bridgehead atoms. The van der Waals surface area contributed by atoms with E-state index in [1.807, 2.05) is 6.92 Å². The lowest BCUT2D eigenvalue weighted by molar-refractivity contribution is -0.137. The predicted molar refractivity (Wildman–Crippen MR) is 129 cm³/mol. The van der Waals surface area contributed by atoms with Crippen LogP contribution in [0.3, 0.4) is 0 Å². The number of nitrogens with zero attached hydrogens (tertiary/aromatic N) is 2. The molecule has 1 aromatic rings. The molecule has 1 heterocycles. The molecule has 1 aliphatic rings. The van der Waals surface area contributed by atoms with Crippen LogP contribution in [-0.2, 0) is 10.9 Å². The highest BCUT2D eigenvalue weighted by atomic mass is 127. The smallest absolute Gasteiger partial charge is 0.416 e. The summed E-state index contributed by atoms with van der Waals surface area (Å²) in [6, 6.07) is 4.88. The number of ether oxygens (including phenoxy) is 2. The molecule has 11 heteroatoms. The lowest BCUT2D eigenvalue weighted by atomic mass is 10.1. The Balaban J connectivity index is 0.00000512. The second-order valence-electron chi connectivity index (χ2n) is 7.46. The first kappa shape index (κ1) is 28.7. The molecule has 32 heavy (non-hydrogen) atoms. The standard InChI is InChI=1S/C21H33F3N4O3.HI/c1-3-25-20(27-17-7-9-28(10-8-17)11-12-30-2)26-14-18(29)15-31-19-6-4-5-16(13-19)21(22,23)24;/h4-6,13,17-18,29H,3,7-12,14-15H2,1-2H3,(H2,25,26,27);1H. The van der Waals surface area contributed by atoms with Crippen LogP contribution in [0.5, 0.6) is 5.75 Å². The zero-order valence-electron chi connectivity index (χ0n) is 18.5. The predicted octanol–water partition coefficient (Wildman–Crippen LogP) is 2.73. The Bertz CT molecular complexity index is 686. The maximum Gasteiger partial charge on any atom is 0.416 e. The zero-order chi connectivity index (χ0) is 22.7. The highest BCUT2D eigenvalue weighted by Crippen LogP contribution is 2.31. The summed E-state index contributed by atoms with van der Waals surface area (Å²) in [5, 5.41) is 16.7. The molecular formula is C21H34F3IN4O3. The van der Waals surface area contributed by atoms with Gasteiger partial charge in [0.15, 0.2) is 5.96 Å². The lowest BCUT2D eigenvalue weighted by Crippen LogP contribution is -2.49. The van der Waals surface area contributed by atoms with Gasteiger partial charge in [-0.1, -0.05) is 6.07 Å². The first-order valence-corrected chi connectivity index (χ1v) is 10.6. The van der Waals surface area contributed by atoms with Crippen molar-refractivity contribution >= 4 is 29.9 Å². The Labute approximate surface area is 204 Å². The Morgan fingerprint density at radius 3 is 2.66 bits per heavy atom. The second-order valence-corrected chi connectivity index (χ2v) is 7.46. The van der Waals surface area contributed by atoms with Gasteiger partial charge in [-0.3, -0.25) is 4.99 Å². The third-order valence-corrected chi connectivity index (χ3v) is 4.95. The van der Waals surface area contributed by atoms with Crippen LogP contribution in [0.4, 0.5) is 13.2 Å². The molecule has 1 aliphatic heterocycles. The second kappa shape index (κ2) is 14.8. The molecule has 1 unspecified atom stereocenters. The monoisotopic (exact) mass is 574 g/mol. The van der Waals surface area contributed by atoms with Crippen LogP contribution in [0.2, 0.25) is 0 Å². The maximum atomic E-state index is 12.8. The van der Waals surface area contributed by atoms with E-state index in [0.717, 1.165) is 51.2 Å². The van der Waals surface area contributed by atoms with Crippen molar-refractivity contribution in [1.82, 2.24) is 15.5 Å². The van der Waals surface area contributed by atoms with Crippen LogP contribution in [0.15, 0.2) is 29.3 Å². The van der Waals surface area contributed by atoms with Crippen molar-refractivity contribution < 1.29 is 27.8 Å². The van der Waals surface area contributed by atoms with Crippen molar-refractivity contribution in [3.63, 3.8) is 0 Å². The van der Waals surface area contributed by atoms with E-state index >= 15 is 0 Å². The number of alkyl halides is 3. The number of benzene rings is 1. The van der Waals surface area contributed by atoms with Crippen molar-refractivity contribution in [2.45, 2.75) is 38.1 Å². The lowest BCUT2D eigenvalue weighted by Gasteiger charge is -2.32. The molecule has 7 nitrogen and oxygen atoms in total. The number of hydrogen-bond donors (Lipinski definition) is 3. The molecule has 2 rings (SSSR count). The largest absolute Gasteiger partial charge is 0.491 e. The van der Waals surface area contributed by atoms with Gasteiger partial charge in [0.05, 0.1) is 18.7 Å². The molecule has 184 valence electrons. The Hall–Kier alpha value is -1.31. The summed E-state index contributed by atoms with van der Waals surface area (Å²) in [6.07, 6.45) is -3.42. The molecule has 0 saturated carbocycles. The van der Waals surface area contributed by atoms with E-state index in [-0.39, 0.29) is 48.9 Å². The number of aliphatic hydroxyl groups excluding tert-OH is 1. The van der Waals surface area contributed by atoms with Crippen molar-refractivity contribution in [2.75, 3.05) is 53.0 Å². The first-order valence-electron chi connectivity index (χ1n) is 10.6. The quantitative estimate of drug-likeness (QED) is 0.227. The van der Waals surface area contributed by atoms with Crippen LogP contribution in [0, 0.1) is 0 Å². The Morgan fingerprint density at radius 1 is 1.31 bits per heavy atom. The molecule has 1 aromatic carbocycles.